The Bertz CT molecular complexity index is 260. The third-order valence-electron chi connectivity index (χ3n) is 3.55. The maximum absolute atomic E-state index is 12.4. The SMILES string of the molecule is CC(C)CC1(C(=O)NCC(C)(C)N)CCCC1. The van der Waals surface area contributed by atoms with E-state index < -0.39 is 0 Å². The number of nitrogens with one attached hydrogen (secondary N) is 1. The number of carbonyl (C=O) groups is 1. The van der Waals surface area contributed by atoms with Gasteiger partial charge in [-0.05, 0) is 39.0 Å². The quantitative estimate of drug-likeness (QED) is 0.775. The summed E-state index contributed by atoms with van der Waals surface area (Å²) >= 11 is 0. The van der Waals surface area contributed by atoms with Crippen LogP contribution >= 0.6 is 0 Å². The van der Waals surface area contributed by atoms with Crippen LogP contribution in [0.2, 0.25) is 0 Å². The van der Waals surface area contributed by atoms with Crippen molar-refractivity contribution in [2.45, 2.75) is 65.3 Å². The van der Waals surface area contributed by atoms with E-state index in [0.717, 1.165) is 19.3 Å². The summed E-state index contributed by atoms with van der Waals surface area (Å²) in [7, 11) is 0. The van der Waals surface area contributed by atoms with Crippen LogP contribution < -0.4 is 11.1 Å². The minimum atomic E-state index is -0.326. The van der Waals surface area contributed by atoms with Crippen molar-refractivity contribution < 1.29 is 4.79 Å². The fourth-order valence-electron chi connectivity index (χ4n) is 2.85. The van der Waals surface area contributed by atoms with Crippen molar-refractivity contribution in [3.8, 4) is 0 Å². The molecule has 1 amide bonds. The molecule has 1 rings (SSSR count). The van der Waals surface area contributed by atoms with Crippen molar-refractivity contribution >= 4 is 5.91 Å². The summed E-state index contributed by atoms with van der Waals surface area (Å²) < 4.78 is 0. The van der Waals surface area contributed by atoms with E-state index >= 15 is 0 Å². The van der Waals surface area contributed by atoms with Crippen LogP contribution in [-0.2, 0) is 4.79 Å². The van der Waals surface area contributed by atoms with Gasteiger partial charge in [0.15, 0.2) is 0 Å². The molecule has 0 saturated heterocycles. The van der Waals surface area contributed by atoms with Crippen molar-refractivity contribution in [1.82, 2.24) is 5.32 Å². The molecule has 1 aliphatic rings. The number of carbonyl (C=O) groups excluding carboxylic acids is 1. The molecule has 0 unspecified atom stereocenters. The topological polar surface area (TPSA) is 55.1 Å². The molecular formula is C14H28N2O. The van der Waals surface area contributed by atoms with Gasteiger partial charge in [0.05, 0.1) is 0 Å². The van der Waals surface area contributed by atoms with Gasteiger partial charge in [-0.1, -0.05) is 26.7 Å². The summed E-state index contributed by atoms with van der Waals surface area (Å²) in [5, 5.41) is 3.05. The molecule has 0 aliphatic heterocycles. The van der Waals surface area contributed by atoms with Crippen LogP contribution in [0.25, 0.3) is 0 Å². The number of rotatable bonds is 5. The highest BCUT2D eigenvalue weighted by atomic mass is 16.2. The van der Waals surface area contributed by atoms with Crippen LogP contribution in [0.5, 0.6) is 0 Å². The van der Waals surface area contributed by atoms with Gasteiger partial charge in [-0.25, -0.2) is 0 Å². The lowest BCUT2D eigenvalue weighted by molar-refractivity contribution is -0.132. The Balaban J connectivity index is 2.61. The van der Waals surface area contributed by atoms with E-state index in [9.17, 15) is 4.79 Å². The molecule has 0 aromatic carbocycles. The van der Waals surface area contributed by atoms with Crippen molar-refractivity contribution in [3.63, 3.8) is 0 Å². The molecule has 3 nitrogen and oxygen atoms in total. The molecule has 0 bridgehead atoms. The second-order valence-corrected chi connectivity index (χ2v) is 6.76. The Morgan fingerprint density at radius 2 is 1.88 bits per heavy atom. The van der Waals surface area contributed by atoms with Gasteiger partial charge < -0.3 is 11.1 Å². The smallest absolute Gasteiger partial charge is 0.226 e. The second kappa shape index (κ2) is 5.38. The minimum Gasteiger partial charge on any atom is -0.354 e. The van der Waals surface area contributed by atoms with E-state index in [1.165, 1.54) is 12.8 Å². The summed E-state index contributed by atoms with van der Waals surface area (Å²) in [6.07, 6.45) is 5.46. The first-order chi connectivity index (χ1) is 7.75. The summed E-state index contributed by atoms with van der Waals surface area (Å²) in [5.41, 5.74) is 5.47. The maximum atomic E-state index is 12.4. The summed E-state index contributed by atoms with van der Waals surface area (Å²) in [5.74, 6) is 0.798. The van der Waals surface area contributed by atoms with Gasteiger partial charge in [-0.15, -0.1) is 0 Å². The fourth-order valence-corrected chi connectivity index (χ4v) is 2.85. The van der Waals surface area contributed by atoms with Crippen molar-refractivity contribution in [2.24, 2.45) is 17.1 Å². The average molecular weight is 240 g/mol. The lowest BCUT2D eigenvalue weighted by atomic mass is 9.77. The highest BCUT2D eigenvalue weighted by Crippen LogP contribution is 2.43. The Kier molecular flexibility index (Phi) is 4.59. The minimum absolute atomic E-state index is 0.112. The Labute approximate surface area is 106 Å². The van der Waals surface area contributed by atoms with Crippen LogP contribution in [0.3, 0.4) is 0 Å². The largest absolute Gasteiger partial charge is 0.354 e. The van der Waals surface area contributed by atoms with Crippen molar-refractivity contribution in [2.75, 3.05) is 6.54 Å². The fraction of sp³-hybridized carbons (Fsp3) is 0.929. The number of hydrogen-bond donors (Lipinski definition) is 2. The highest BCUT2D eigenvalue weighted by molar-refractivity contribution is 5.83. The monoisotopic (exact) mass is 240 g/mol. The molecule has 1 aliphatic carbocycles. The Morgan fingerprint density at radius 1 is 1.35 bits per heavy atom. The zero-order valence-corrected chi connectivity index (χ0v) is 11.8. The van der Waals surface area contributed by atoms with Crippen LogP contribution in [0.15, 0.2) is 0 Å². The molecule has 0 spiro atoms. The van der Waals surface area contributed by atoms with E-state index in [2.05, 4.69) is 19.2 Å². The molecule has 0 aromatic rings. The van der Waals surface area contributed by atoms with Gasteiger partial charge >= 0.3 is 0 Å². The zero-order valence-electron chi connectivity index (χ0n) is 11.8. The number of amides is 1. The molecule has 1 saturated carbocycles. The lowest BCUT2D eigenvalue weighted by Crippen LogP contribution is -2.49. The van der Waals surface area contributed by atoms with Crippen LogP contribution in [0, 0.1) is 11.3 Å². The van der Waals surface area contributed by atoms with E-state index in [-0.39, 0.29) is 16.9 Å². The van der Waals surface area contributed by atoms with Gasteiger partial charge in [0, 0.05) is 17.5 Å². The first kappa shape index (κ1) is 14.5. The third kappa shape index (κ3) is 4.30. The highest BCUT2D eigenvalue weighted by Gasteiger charge is 2.41. The predicted molar refractivity (Wildman–Crippen MR) is 71.6 cm³/mol. The molecule has 0 heterocycles. The molecule has 0 aromatic heterocycles. The first-order valence-electron chi connectivity index (χ1n) is 6.82. The standard InChI is InChI=1S/C14H28N2O/c1-11(2)9-14(7-5-6-8-14)12(17)16-10-13(3,4)15/h11H,5-10,15H2,1-4H3,(H,16,17). The number of nitrogens with two attached hydrogens (primary N) is 1. The summed E-state index contributed by atoms with van der Waals surface area (Å²) in [6, 6.07) is 0. The molecule has 3 heteroatoms. The average Bonchev–Trinajstić information content (AvgIpc) is 2.61. The van der Waals surface area contributed by atoms with Gasteiger partial charge in [0.1, 0.15) is 0 Å². The normalized spacial score (nSPS) is 19.6. The summed E-state index contributed by atoms with van der Waals surface area (Å²) in [6.45, 7) is 8.83. The third-order valence-corrected chi connectivity index (χ3v) is 3.55. The van der Waals surface area contributed by atoms with Gasteiger partial charge in [0.25, 0.3) is 0 Å². The lowest BCUT2D eigenvalue weighted by Gasteiger charge is -2.31. The number of hydrogen-bond acceptors (Lipinski definition) is 2. The van der Waals surface area contributed by atoms with Crippen LogP contribution in [0.1, 0.15) is 59.8 Å². The van der Waals surface area contributed by atoms with Crippen LogP contribution in [0.4, 0.5) is 0 Å². The van der Waals surface area contributed by atoms with Crippen molar-refractivity contribution in [1.29, 1.82) is 0 Å². The molecule has 1 fully saturated rings. The Hall–Kier alpha value is -0.570. The van der Waals surface area contributed by atoms with Gasteiger partial charge in [-0.3, -0.25) is 4.79 Å². The Morgan fingerprint density at radius 3 is 2.29 bits per heavy atom. The van der Waals surface area contributed by atoms with Gasteiger partial charge in [0.2, 0.25) is 5.91 Å². The summed E-state index contributed by atoms with van der Waals surface area (Å²) in [4.78, 5) is 12.4. The second-order valence-electron chi connectivity index (χ2n) is 6.76. The zero-order chi connectivity index (χ0) is 13.1. The van der Waals surface area contributed by atoms with E-state index in [1.807, 2.05) is 13.8 Å². The molecule has 100 valence electrons. The van der Waals surface area contributed by atoms with Crippen molar-refractivity contribution in [3.05, 3.63) is 0 Å². The molecule has 0 radical (unpaired) electrons. The maximum Gasteiger partial charge on any atom is 0.226 e. The first-order valence-corrected chi connectivity index (χ1v) is 6.82. The van der Waals surface area contributed by atoms with Crippen LogP contribution in [-0.4, -0.2) is 18.0 Å². The molecule has 3 N–H and O–H groups in total. The van der Waals surface area contributed by atoms with E-state index in [4.69, 9.17) is 5.73 Å². The predicted octanol–water partition coefficient (Wildman–Crippen LogP) is 2.45. The van der Waals surface area contributed by atoms with E-state index in [1.54, 1.807) is 0 Å². The molecule has 17 heavy (non-hydrogen) atoms. The van der Waals surface area contributed by atoms with Gasteiger partial charge in [-0.2, -0.15) is 0 Å². The molecule has 0 atom stereocenters. The van der Waals surface area contributed by atoms with E-state index in [0.29, 0.717) is 12.5 Å². The molecular weight excluding hydrogens is 212 g/mol.